The molecule has 3 rings (SSSR count). The van der Waals surface area contributed by atoms with E-state index in [1.807, 2.05) is 36.7 Å². The molecule has 0 saturated heterocycles. The number of carboxylic acid groups (broad SMARTS) is 1. The van der Waals surface area contributed by atoms with Crippen LogP contribution in [0.1, 0.15) is 5.56 Å². The van der Waals surface area contributed by atoms with E-state index in [9.17, 15) is 4.79 Å². The van der Waals surface area contributed by atoms with E-state index in [0.717, 1.165) is 22.2 Å². The maximum absolute atomic E-state index is 10.9. The topological polar surface area (TPSA) is 54.6 Å². The highest BCUT2D eigenvalue weighted by Crippen LogP contribution is 2.31. The van der Waals surface area contributed by atoms with Crippen LogP contribution in [0.25, 0.3) is 16.6 Å². The molecule has 2 heterocycles. The van der Waals surface area contributed by atoms with Gasteiger partial charge in [0.15, 0.2) is 0 Å². The number of hydrogen-bond donors (Lipinski definition) is 1. The van der Waals surface area contributed by atoms with E-state index >= 15 is 0 Å². The molecular weight excluding hydrogens is 284 g/mol. The van der Waals surface area contributed by atoms with Gasteiger partial charge in [0.25, 0.3) is 0 Å². The summed E-state index contributed by atoms with van der Waals surface area (Å²) in [6.07, 6.45) is 5.52. The number of thioether (sulfide) groups is 1. The van der Waals surface area contributed by atoms with Crippen LogP contribution in [0.2, 0.25) is 0 Å². The molecule has 0 aliphatic heterocycles. The molecule has 2 aromatic heterocycles. The SMILES string of the molecule is CSc1ccccc1-c1ccn2ncc(CC(=O)O)c2c1. The van der Waals surface area contributed by atoms with E-state index in [4.69, 9.17) is 5.11 Å². The summed E-state index contributed by atoms with van der Waals surface area (Å²) in [4.78, 5) is 12.1. The largest absolute Gasteiger partial charge is 0.481 e. The van der Waals surface area contributed by atoms with Crippen LogP contribution in [0.3, 0.4) is 0 Å². The van der Waals surface area contributed by atoms with Crippen LogP contribution in [-0.4, -0.2) is 26.9 Å². The van der Waals surface area contributed by atoms with Gasteiger partial charge in [-0.15, -0.1) is 11.8 Å². The predicted molar refractivity (Wildman–Crippen MR) is 83.7 cm³/mol. The fraction of sp³-hybridized carbons (Fsp3) is 0.125. The number of benzene rings is 1. The van der Waals surface area contributed by atoms with Crippen molar-refractivity contribution in [1.29, 1.82) is 0 Å². The summed E-state index contributed by atoms with van der Waals surface area (Å²) in [6.45, 7) is 0. The van der Waals surface area contributed by atoms with Crippen LogP contribution >= 0.6 is 11.8 Å². The van der Waals surface area contributed by atoms with Gasteiger partial charge in [-0.05, 0) is 35.6 Å². The molecule has 0 fully saturated rings. The number of aromatic nitrogens is 2. The highest BCUT2D eigenvalue weighted by Gasteiger charge is 2.10. The quantitative estimate of drug-likeness (QED) is 0.750. The molecular formula is C16H14N2O2S. The van der Waals surface area contributed by atoms with Crippen molar-refractivity contribution in [1.82, 2.24) is 9.61 Å². The number of rotatable bonds is 4. The lowest BCUT2D eigenvalue weighted by atomic mass is 10.1. The molecule has 0 atom stereocenters. The Morgan fingerprint density at radius 3 is 2.90 bits per heavy atom. The van der Waals surface area contributed by atoms with Gasteiger partial charge in [-0.3, -0.25) is 4.79 Å². The lowest BCUT2D eigenvalue weighted by Gasteiger charge is -2.08. The van der Waals surface area contributed by atoms with Gasteiger partial charge in [0.05, 0.1) is 18.1 Å². The molecule has 3 aromatic rings. The monoisotopic (exact) mass is 298 g/mol. The molecule has 0 bridgehead atoms. The summed E-state index contributed by atoms with van der Waals surface area (Å²) >= 11 is 1.70. The normalized spacial score (nSPS) is 10.9. The minimum atomic E-state index is -0.847. The number of carbonyl (C=O) groups is 1. The molecule has 21 heavy (non-hydrogen) atoms. The smallest absolute Gasteiger partial charge is 0.307 e. The molecule has 0 radical (unpaired) electrons. The van der Waals surface area contributed by atoms with Gasteiger partial charge in [0.2, 0.25) is 0 Å². The van der Waals surface area contributed by atoms with E-state index in [0.29, 0.717) is 0 Å². The summed E-state index contributed by atoms with van der Waals surface area (Å²) in [5.41, 5.74) is 3.78. The fourth-order valence-electron chi connectivity index (χ4n) is 2.38. The van der Waals surface area contributed by atoms with Gasteiger partial charge in [-0.2, -0.15) is 5.10 Å². The third-order valence-electron chi connectivity index (χ3n) is 3.36. The number of nitrogens with zero attached hydrogens (tertiary/aromatic N) is 2. The maximum atomic E-state index is 10.9. The Labute approximate surface area is 126 Å². The van der Waals surface area contributed by atoms with E-state index in [-0.39, 0.29) is 6.42 Å². The second-order valence-corrected chi connectivity index (χ2v) is 5.53. The van der Waals surface area contributed by atoms with Crippen molar-refractivity contribution in [2.75, 3.05) is 6.26 Å². The van der Waals surface area contributed by atoms with Crippen LogP contribution in [-0.2, 0) is 11.2 Å². The van der Waals surface area contributed by atoms with Gasteiger partial charge in [-0.1, -0.05) is 18.2 Å². The summed E-state index contributed by atoms with van der Waals surface area (Å²) in [5.74, 6) is -0.847. The molecule has 0 unspecified atom stereocenters. The van der Waals surface area contributed by atoms with E-state index in [1.165, 1.54) is 4.90 Å². The fourth-order valence-corrected chi connectivity index (χ4v) is 3.00. The molecule has 5 heteroatoms. The Bertz CT molecular complexity index is 811. The van der Waals surface area contributed by atoms with Crippen LogP contribution in [0.5, 0.6) is 0 Å². The van der Waals surface area contributed by atoms with Gasteiger partial charge >= 0.3 is 5.97 Å². The number of fused-ring (bicyclic) bond motifs is 1. The van der Waals surface area contributed by atoms with E-state index in [1.54, 1.807) is 22.5 Å². The van der Waals surface area contributed by atoms with Crippen LogP contribution in [0.4, 0.5) is 0 Å². The Balaban J connectivity index is 2.13. The zero-order valence-corrected chi connectivity index (χ0v) is 12.3. The Kier molecular flexibility index (Phi) is 3.66. The molecule has 1 N–H and O–H groups in total. The molecule has 4 nitrogen and oxygen atoms in total. The summed E-state index contributed by atoms with van der Waals surface area (Å²) < 4.78 is 1.71. The summed E-state index contributed by atoms with van der Waals surface area (Å²) in [7, 11) is 0. The van der Waals surface area contributed by atoms with Crippen LogP contribution < -0.4 is 0 Å². The number of hydrogen-bond acceptors (Lipinski definition) is 3. The zero-order valence-electron chi connectivity index (χ0n) is 11.5. The van der Waals surface area contributed by atoms with Gasteiger partial charge in [-0.25, -0.2) is 4.52 Å². The maximum Gasteiger partial charge on any atom is 0.307 e. The van der Waals surface area contributed by atoms with E-state index < -0.39 is 5.97 Å². The lowest BCUT2D eigenvalue weighted by Crippen LogP contribution is -1.99. The highest BCUT2D eigenvalue weighted by molar-refractivity contribution is 7.98. The average molecular weight is 298 g/mol. The Hall–Kier alpha value is -2.27. The third-order valence-corrected chi connectivity index (χ3v) is 4.16. The number of carboxylic acids is 1. The first-order valence-corrected chi connectivity index (χ1v) is 7.73. The van der Waals surface area contributed by atoms with Crippen LogP contribution in [0, 0.1) is 0 Å². The second-order valence-electron chi connectivity index (χ2n) is 4.69. The van der Waals surface area contributed by atoms with Crippen molar-refractivity contribution in [2.24, 2.45) is 0 Å². The third kappa shape index (κ3) is 2.64. The first-order chi connectivity index (χ1) is 10.2. The van der Waals surface area contributed by atoms with Gasteiger partial charge < -0.3 is 5.11 Å². The minimum absolute atomic E-state index is 0.0167. The molecule has 0 aliphatic carbocycles. The summed E-state index contributed by atoms with van der Waals surface area (Å²) in [6, 6.07) is 12.2. The standard InChI is InChI=1S/C16H14N2O2S/c1-21-15-5-3-2-4-13(15)11-6-7-18-14(8-11)12(10-17-18)9-16(19)20/h2-8,10H,9H2,1H3,(H,19,20). The van der Waals surface area contributed by atoms with Crippen molar-refractivity contribution >= 4 is 23.2 Å². The summed E-state index contributed by atoms with van der Waals surface area (Å²) in [5, 5.41) is 13.2. The second kappa shape index (κ2) is 5.61. The van der Waals surface area contributed by atoms with Crippen molar-refractivity contribution in [2.45, 2.75) is 11.3 Å². The molecule has 0 saturated carbocycles. The number of aliphatic carboxylic acids is 1. The van der Waals surface area contributed by atoms with Crippen LogP contribution in [0.15, 0.2) is 53.7 Å². The average Bonchev–Trinajstić information content (AvgIpc) is 2.89. The molecule has 0 aliphatic rings. The lowest BCUT2D eigenvalue weighted by molar-refractivity contribution is -0.136. The van der Waals surface area contributed by atoms with Crippen molar-refractivity contribution in [3.05, 3.63) is 54.4 Å². The van der Waals surface area contributed by atoms with Gasteiger partial charge in [0, 0.05) is 16.7 Å². The Morgan fingerprint density at radius 1 is 1.33 bits per heavy atom. The predicted octanol–water partition coefficient (Wildman–Crippen LogP) is 3.35. The molecule has 1 aromatic carbocycles. The molecule has 0 amide bonds. The highest BCUT2D eigenvalue weighted by atomic mass is 32.2. The van der Waals surface area contributed by atoms with Crippen molar-refractivity contribution in [3.8, 4) is 11.1 Å². The first-order valence-electron chi connectivity index (χ1n) is 6.50. The Morgan fingerprint density at radius 2 is 2.14 bits per heavy atom. The van der Waals surface area contributed by atoms with Crippen molar-refractivity contribution < 1.29 is 9.90 Å². The molecule has 106 valence electrons. The first kappa shape index (κ1) is 13.7. The number of pyridine rings is 1. The van der Waals surface area contributed by atoms with Gasteiger partial charge in [0.1, 0.15) is 0 Å². The van der Waals surface area contributed by atoms with Crippen molar-refractivity contribution in [3.63, 3.8) is 0 Å². The minimum Gasteiger partial charge on any atom is -0.481 e. The zero-order chi connectivity index (χ0) is 14.8. The van der Waals surface area contributed by atoms with E-state index in [2.05, 4.69) is 17.2 Å². The molecule has 0 spiro atoms.